The van der Waals surface area contributed by atoms with E-state index in [9.17, 15) is 12.8 Å². The van der Waals surface area contributed by atoms with Gasteiger partial charge in [-0.15, -0.1) is 0 Å². The van der Waals surface area contributed by atoms with Crippen LogP contribution in [0.5, 0.6) is 5.75 Å². The smallest absolute Gasteiger partial charge is 0.232 e. The van der Waals surface area contributed by atoms with E-state index in [0.717, 1.165) is 6.26 Å². The zero-order valence-electron chi connectivity index (χ0n) is 14.0. The van der Waals surface area contributed by atoms with Gasteiger partial charge in [0, 0.05) is 11.3 Å². The largest absolute Gasteiger partial charge is 0.494 e. The summed E-state index contributed by atoms with van der Waals surface area (Å²) in [6.45, 7) is 2.43. The minimum atomic E-state index is -3.54. The summed E-state index contributed by atoms with van der Waals surface area (Å²) >= 11 is 0. The molecule has 0 radical (unpaired) electrons. The van der Waals surface area contributed by atoms with Crippen LogP contribution in [0.25, 0.3) is 0 Å². The molecule has 0 aliphatic rings. The van der Waals surface area contributed by atoms with Crippen LogP contribution in [0.1, 0.15) is 12.5 Å². The summed E-state index contributed by atoms with van der Waals surface area (Å²) in [6.07, 6.45) is 1.02. The second kappa shape index (κ2) is 8.48. The maximum absolute atomic E-state index is 13.7. The van der Waals surface area contributed by atoms with Crippen molar-refractivity contribution >= 4 is 21.7 Å². The Hall–Kier alpha value is -2.61. The molecular weight excluding hydrogens is 345 g/mol. The maximum atomic E-state index is 13.7. The Bertz CT molecular complexity index is 836. The molecule has 2 aromatic carbocycles. The lowest BCUT2D eigenvalue weighted by molar-refractivity contribution is 0.340. The standard InChI is InChI=1S/C17H20FN3O3S/c1-3-24-15-10-8-14(9-11-15)20-17(21-25(2,22)23)19-12-13-6-4-5-7-16(13)18/h4-11H,3,12H2,1-2H3,(H2,19,20,21). The Morgan fingerprint density at radius 1 is 1.16 bits per heavy atom. The number of benzene rings is 2. The molecule has 0 atom stereocenters. The highest BCUT2D eigenvalue weighted by molar-refractivity contribution is 7.89. The highest BCUT2D eigenvalue weighted by atomic mass is 32.2. The van der Waals surface area contributed by atoms with Gasteiger partial charge in [0.2, 0.25) is 16.0 Å². The average Bonchev–Trinajstić information content (AvgIpc) is 2.54. The van der Waals surface area contributed by atoms with E-state index in [1.165, 1.54) is 6.07 Å². The summed E-state index contributed by atoms with van der Waals surface area (Å²) in [4.78, 5) is 4.14. The van der Waals surface area contributed by atoms with Crippen molar-refractivity contribution in [3.05, 3.63) is 59.9 Å². The van der Waals surface area contributed by atoms with E-state index in [-0.39, 0.29) is 12.5 Å². The van der Waals surface area contributed by atoms with E-state index in [1.807, 2.05) is 6.92 Å². The summed E-state index contributed by atoms with van der Waals surface area (Å²) in [5.41, 5.74) is 0.982. The summed E-state index contributed by atoms with van der Waals surface area (Å²) < 4.78 is 44.4. The van der Waals surface area contributed by atoms with E-state index in [0.29, 0.717) is 23.6 Å². The fraction of sp³-hybridized carbons (Fsp3) is 0.235. The first-order chi connectivity index (χ1) is 11.9. The van der Waals surface area contributed by atoms with Crippen LogP contribution in [0.2, 0.25) is 0 Å². The summed E-state index contributed by atoms with van der Waals surface area (Å²) in [5.74, 6) is 0.315. The van der Waals surface area contributed by atoms with Gasteiger partial charge in [0.15, 0.2) is 0 Å². The van der Waals surface area contributed by atoms with Crippen molar-refractivity contribution in [2.45, 2.75) is 13.5 Å². The van der Waals surface area contributed by atoms with Crippen LogP contribution in [-0.2, 0) is 16.6 Å². The Morgan fingerprint density at radius 2 is 1.84 bits per heavy atom. The third kappa shape index (κ3) is 6.42. The van der Waals surface area contributed by atoms with Gasteiger partial charge in [0.1, 0.15) is 11.6 Å². The first-order valence-electron chi connectivity index (χ1n) is 7.63. The van der Waals surface area contributed by atoms with E-state index in [1.54, 1.807) is 42.5 Å². The zero-order chi connectivity index (χ0) is 18.3. The fourth-order valence-electron chi connectivity index (χ4n) is 2.00. The molecule has 2 N–H and O–H groups in total. The number of nitrogens with zero attached hydrogens (tertiary/aromatic N) is 1. The van der Waals surface area contributed by atoms with Crippen LogP contribution in [0.15, 0.2) is 53.5 Å². The third-order valence-corrected chi connectivity index (χ3v) is 3.64. The molecule has 0 fully saturated rings. The molecule has 0 bridgehead atoms. The molecular formula is C17H20FN3O3S. The molecule has 0 aliphatic heterocycles. The van der Waals surface area contributed by atoms with Crippen LogP contribution < -0.4 is 14.8 Å². The number of hydrogen-bond acceptors (Lipinski definition) is 4. The Morgan fingerprint density at radius 3 is 2.44 bits per heavy atom. The number of anilines is 1. The van der Waals surface area contributed by atoms with Crippen LogP contribution in [0.4, 0.5) is 10.1 Å². The SMILES string of the molecule is CCOc1ccc(NC(=NCc2ccccc2F)NS(C)(=O)=O)cc1. The lowest BCUT2D eigenvalue weighted by Crippen LogP contribution is -2.35. The van der Waals surface area contributed by atoms with Crippen molar-refractivity contribution in [3.8, 4) is 5.75 Å². The highest BCUT2D eigenvalue weighted by Gasteiger charge is 2.08. The average molecular weight is 365 g/mol. The first-order valence-corrected chi connectivity index (χ1v) is 9.52. The number of aliphatic imine (C=N–C) groups is 1. The van der Waals surface area contributed by atoms with Crippen molar-refractivity contribution in [2.75, 3.05) is 18.2 Å². The molecule has 0 spiro atoms. The number of sulfonamides is 1. The molecule has 2 rings (SSSR count). The molecule has 0 aliphatic carbocycles. The summed E-state index contributed by atoms with van der Waals surface area (Å²) in [6, 6.07) is 13.2. The molecule has 0 unspecified atom stereocenters. The second-order valence-corrected chi connectivity index (χ2v) is 6.96. The van der Waals surface area contributed by atoms with E-state index < -0.39 is 15.8 Å². The van der Waals surface area contributed by atoms with Crippen LogP contribution in [0, 0.1) is 5.82 Å². The number of guanidine groups is 1. The lowest BCUT2D eigenvalue weighted by Gasteiger charge is -2.12. The number of nitrogens with one attached hydrogen (secondary N) is 2. The predicted octanol–water partition coefficient (Wildman–Crippen LogP) is 2.74. The van der Waals surface area contributed by atoms with Crippen LogP contribution >= 0.6 is 0 Å². The van der Waals surface area contributed by atoms with Crippen LogP contribution in [0.3, 0.4) is 0 Å². The Balaban J connectivity index is 2.17. The number of halogens is 1. The van der Waals surface area contributed by atoms with Gasteiger partial charge in [0.05, 0.1) is 19.4 Å². The van der Waals surface area contributed by atoms with Crippen molar-refractivity contribution in [2.24, 2.45) is 4.99 Å². The Labute approximate surface area is 146 Å². The third-order valence-electron chi connectivity index (χ3n) is 3.08. The molecule has 0 heterocycles. The van der Waals surface area contributed by atoms with Gasteiger partial charge < -0.3 is 10.1 Å². The van der Waals surface area contributed by atoms with E-state index in [2.05, 4.69) is 15.0 Å². The minimum absolute atomic E-state index is 0.00540. The van der Waals surface area contributed by atoms with E-state index in [4.69, 9.17) is 4.74 Å². The molecule has 0 amide bonds. The van der Waals surface area contributed by atoms with Crippen LogP contribution in [-0.4, -0.2) is 27.2 Å². The van der Waals surface area contributed by atoms with E-state index >= 15 is 0 Å². The van der Waals surface area contributed by atoms with Crippen molar-refractivity contribution < 1.29 is 17.5 Å². The molecule has 0 saturated carbocycles. The topological polar surface area (TPSA) is 79.8 Å². The van der Waals surface area contributed by atoms with Gasteiger partial charge in [-0.1, -0.05) is 18.2 Å². The molecule has 0 saturated heterocycles. The molecule has 0 aromatic heterocycles. The Kier molecular flexibility index (Phi) is 6.35. The zero-order valence-corrected chi connectivity index (χ0v) is 14.8. The van der Waals surface area contributed by atoms with Gasteiger partial charge in [-0.2, -0.15) is 0 Å². The monoisotopic (exact) mass is 365 g/mol. The normalized spacial score (nSPS) is 11.9. The highest BCUT2D eigenvalue weighted by Crippen LogP contribution is 2.16. The minimum Gasteiger partial charge on any atom is -0.494 e. The van der Waals surface area contributed by atoms with Crippen molar-refractivity contribution in [1.82, 2.24) is 4.72 Å². The quantitative estimate of drug-likeness (QED) is 0.609. The number of hydrogen-bond donors (Lipinski definition) is 2. The number of ether oxygens (including phenoxy) is 1. The first kappa shape index (κ1) is 18.7. The predicted molar refractivity (Wildman–Crippen MR) is 96.8 cm³/mol. The van der Waals surface area contributed by atoms with Gasteiger partial charge in [-0.05, 0) is 37.3 Å². The van der Waals surface area contributed by atoms with Gasteiger partial charge >= 0.3 is 0 Å². The second-order valence-electron chi connectivity index (χ2n) is 5.21. The lowest BCUT2D eigenvalue weighted by atomic mass is 10.2. The van der Waals surface area contributed by atoms with Crippen molar-refractivity contribution in [1.29, 1.82) is 0 Å². The van der Waals surface area contributed by atoms with Gasteiger partial charge in [0.25, 0.3) is 0 Å². The van der Waals surface area contributed by atoms with Gasteiger partial charge in [-0.25, -0.2) is 17.8 Å². The van der Waals surface area contributed by atoms with Gasteiger partial charge in [-0.3, -0.25) is 4.72 Å². The maximum Gasteiger partial charge on any atom is 0.232 e. The molecule has 25 heavy (non-hydrogen) atoms. The molecule has 6 nitrogen and oxygen atoms in total. The summed E-state index contributed by atoms with van der Waals surface area (Å²) in [7, 11) is -3.54. The molecule has 2 aromatic rings. The fourth-order valence-corrected chi connectivity index (χ4v) is 2.47. The summed E-state index contributed by atoms with van der Waals surface area (Å²) in [5, 5.41) is 2.88. The van der Waals surface area contributed by atoms with Crippen molar-refractivity contribution in [3.63, 3.8) is 0 Å². The molecule has 8 heteroatoms. The molecule has 134 valence electrons. The number of rotatable bonds is 6.